The molecule has 0 bridgehead atoms. The van der Waals surface area contributed by atoms with Gasteiger partial charge in [0.2, 0.25) is 5.76 Å². The van der Waals surface area contributed by atoms with Gasteiger partial charge in [-0.25, -0.2) is 4.79 Å². The average Bonchev–Trinajstić information content (AvgIpc) is 2.97. The standard InChI is InChI=1S/C17H11BrO4/c18-13-7-5-11(6-8-13)14(19)10-21-17(20)16-9-12-3-1-2-4-15(12)22-16/h1-9H,10H2. The largest absolute Gasteiger partial charge is 0.451 e. The number of rotatable bonds is 4. The second-order valence-electron chi connectivity index (χ2n) is 4.65. The fourth-order valence-corrected chi connectivity index (χ4v) is 2.27. The number of para-hydroxylation sites is 1. The minimum Gasteiger partial charge on any atom is -0.451 e. The van der Waals surface area contributed by atoms with E-state index in [-0.39, 0.29) is 18.2 Å². The summed E-state index contributed by atoms with van der Waals surface area (Å²) in [6, 6.07) is 15.7. The number of esters is 1. The van der Waals surface area contributed by atoms with E-state index in [0.717, 1.165) is 9.86 Å². The normalized spacial score (nSPS) is 10.6. The van der Waals surface area contributed by atoms with Gasteiger partial charge in [-0.1, -0.05) is 46.3 Å². The highest BCUT2D eigenvalue weighted by Crippen LogP contribution is 2.19. The van der Waals surface area contributed by atoms with Crippen LogP contribution in [0.5, 0.6) is 0 Å². The highest BCUT2D eigenvalue weighted by Gasteiger charge is 2.16. The Morgan fingerprint density at radius 3 is 2.50 bits per heavy atom. The molecule has 0 amide bonds. The molecule has 0 aliphatic heterocycles. The molecule has 110 valence electrons. The first kappa shape index (κ1) is 14.5. The summed E-state index contributed by atoms with van der Waals surface area (Å²) in [6.07, 6.45) is 0. The van der Waals surface area contributed by atoms with Crippen LogP contribution in [0.15, 0.2) is 63.5 Å². The van der Waals surface area contributed by atoms with Gasteiger partial charge in [0.1, 0.15) is 5.58 Å². The van der Waals surface area contributed by atoms with Gasteiger partial charge in [-0.15, -0.1) is 0 Å². The fraction of sp³-hybridized carbons (Fsp3) is 0.0588. The molecule has 0 saturated carbocycles. The third-order valence-electron chi connectivity index (χ3n) is 3.13. The summed E-state index contributed by atoms with van der Waals surface area (Å²) in [5.74, 6) is -0.830. The van der Waals surface area contributed by atoms with E-state index in [1.54, 1.807) is 36.4 Å². The predicted octanol–water partition coefficient (Wildman–Crippen LogP) is 4.24. The summed E-state index contributed by atoms with van der Waals surface area (Å²) in [4.78, 5) is 23.9. The zero-order valence-electron chi connectivity index (χ0n) is 11.4. The Kier molecular flexibility index (Phi) is 4.06. The van der Waals surface area contributed by atoms with Crippen LogP contribution in [0.2, 0.25) is 0 Å². The number of halogens is 1. The van der Waals surface area contributed by atoms with Gasteiger partial charge in [0, 0.05) is 15.4 Å². The van der Waals surface area contributed by atoms with E-state index in [2.05, 4.69) is 15.9 Å². The van der Waals surface area contributed by atoms with Crippen molar-refractivity contribution in [2.24, 2.45) is 0 Å². The Hall–Kier alpha value is -2.40. The van der Waals surface area contributed by atoms with Crippen LogP contribution in [0.25, 0.3) is 11.0 Å². The number of furan rings is 1. The lowest BCUT2D eigenvalue weighted by molar-refractivity contribution is 0.0446. The van der Waals surface area contributed by atoms with Gasteiger partial charge in [-0.2, -0.15) is 0 Å². The summed E-state index contributed by atoms with van der Waals surface area (Å²) in [5, 5.41) is 0.814. The van der Waals surface area contributed by atoms with Crippen LogP contribution in [0.4, 0.5) is 0 Å². The smallest absolute Gasteiger partial charge is 0.374 e. The lowest BCUT2D eigenvalue weighted by atomic mass is 10.1. The summed E-state index contributed by atoms with van der Waals surface area (Å²) >= 11 is 3.30. The molecule has 0 atom stereocenters. The van der Waals surface area contributed by atoms with Crippen molar-refractivity contribution in [3.63, 3.8) is 0 Å². The number of benzene rings is 2. The number of fused-ring (bicyclic) bond motifs is 1. The Bertz CT molecular complexity index is 800. The topological polar surface area (TPSA) is 56.5 Å². The number of carbonyl (C=O) groups excluding carboxylic acids is 2. The van der Waals surface area contributed by atoms with E-state index in [1.165, 1.54) is 0 Å². The number of Topliss-reactive ketones (excluding diaryl/α,β-unsaturated/α-hetero) is 1. The van der Waals surface area contributed by atoms with Gasteiger partial charge < -0.3 is 9.15 Å². The van der Waals surface area contributed by atoms with E-state index in [1.807, 2.05) is 18.2 Å². The molecule has 0 aliphatic rings. The first-order valence-corrected chi connectivity index (χ1v) is 7.37. The summed E-state index contributed by atoms with van der Waals surface area (Å²) in [5.41, 5.74) is 1.09. The van der Waals surface area contributed by atoms with Crippen LogP contribution >= 0.6 is 15.9 Å². The van der Waals surface area contributed by atoms with Gasteiger partial charge in [0.05, 0.1) is 0 Å². The Morgan fingerprint density at radius 1 is 1.05 bits per heavy atom. The molecular weight excluding hydrogens is 348 g/mol. The van der Waals surface area contributed by atoms with Crippen LogP contribution in [-0.2, 0) is 4.74 Å². The maximum absolute atomic E-state index is 11.9. The van der Waals surface area contributed by atoms with Crippen molar-refractivity contribution in [2.75, 3.05) is 6.61 Å². The minimum absolute atomic E-state index is 0.0878. The molecule has 3 rings (SSSR count). The molecule has 0 spiro atoms. The third-order valence-corrected chi connectivity index (χ3v) is 3.66. The second-order valence-corrected chi connectivity index (χ2v) is 5.57. The molecule has 0 unspecified atom stereocenters. The van der Waals surface area contributed by atoms with Gasteiger partial charge in [0.25, 0.3) is 0 Å². The van der Waals surface area contributed by atoms with Crippen molar-refractivity contribution in [3.05, 3.63) is 70.4 Å². The van der Waals surface area contributed by atoms with E-state index >= 15 is 0 Å². The van der Waals surface area contributed by atoms with Crippen molar-refractivity contribution in [1.29, 1.82) is 0 Å². The molecule has 4 nitrogen and oxygen atoms in total. The Balaban J connectivity index is 1.66. The molecule has 0 radical (unpaired) electrons. The van der Waals surface area contributed by atoms with Crippen LogP contribution < -0.4 is 0 Å². The minimum atomic E-state index is -0.651. The molecule has 1 heterocycles. The molecular formula is C17H11BrO4. The van der Waals surface area contributed by atoms with Gasteiger partial charge in [0.15, 0.2) is 12.4 Å². The van der Waals surface area contributed by atoms with Gasteiger partial charge >= 0.3 is 5.97 Å². The Labute approximate surface area is 134 Å². The zero-order chi connectivity index (χ0) is 15.5. The third kappa shape index (κ3) is 3.09. The molecule has 3 aromatic rings. The molecule has 0 fully saturated rings. The van der Waals surface area contributed by atoms with Gasteiger partial charge in [-0.3, -0.25) is 4.79 Å². The molecule has 1 aromatic heterocycles. The molecule has 22 heavy (non-hydrogen) atoms. The van der Waals surface area contributed by atoms with Crippen molar-refractivity contribution in [1.82, 2.24) is 0 Å². The zero-order valence-corrected chi connectivity index (χ0v) is 13.0. The molecule has 0 saturated heterocycles. The van der Waals surface area contributed by atoms with Crippen molar-refractivity contribution in [3.8, 4) is 0 Å². The van der Waals surface area contributed by atoms with Gasteiger partial charge in [-0.05, 0) is 24.3 Å². The lowest BCUT2D eigenvalue weighted by Gasteiger charge is -2.02. The molecule has 2 aromatic carbocycles. The lowest BCUT2D eigenvalue weighted by Crippen LogP contribution is -2.13. The maximum Gasteiger partial charge on any atom is 0.374 e. The highest BCUT2D eigenvalue weighted by atomic mass is 79.9. The number of hydrogen-bond donors (Lipinski definition) is 0. The second kappa shape index (κ2) is 6.15. The number of ketones is 1. The first-order chi connectivity index (χ1) is 10.6. The van der Waals surface area contributed by atoms with Crippen molar-refractivity contribution >= 4 is 38.7 Å². The van der Waals surface area contributed by atoms with E-state index in [4.69, 9.17) is 9.15 Å². The molecule has 0 N–H and O–H groups in total. The van der Waals surface area contributed by atoms with E-state index in [0.29, 0.717) is 11.1 Å². The predicted molar refractivity (Wildman–Crippen MR) is 85.0 cm³/mol. The van der Waals surface area contributed by atoms with Crippen LogP contribution in [-0.4, -0.2) is 18.4 Å². The summed E-state index contributed by atoms with van der Waals surface area (Å²) in [6.45, 7) is -0.322. The highest BCUT2D eigenvalue weighted by molar-refractivity contribution is 9.10. The SMILES string of the molecule is O=C(COC(=O)c1cc2ccccc2o1)c1ccc(Br)cc1. The van der Waals surface area contributed by atoms with Crippen molar-refractivity contribution in [2.45, 2.75) is 0 Å². The van der Waals surface area contributed by atoms with Crippen LogP contribution in [0.1, 0.15) is 20.9 Å². The average molecular weight is 359 g/mol. The summed E-state index contributed by atoms with van der Waals surface area (Å²) < 4.78 is 11.3. The van der Waals surface area contributed by atoms with E-state index < -0.39 is 5.97 Å². The molecule has 5 heteroatoms. The van der Waals surface area contributed by atoms with Crippen molar-refractivity contribution < 1.29 is 18.7 Å². The quantitative estimate of drug-likeness (QED) is 0.517. The van der Waals surface area contributed by atoms with Crippen LogP contribution in [0.3, 0.4) is 0 Å². The molecule has 0 aliphatic carbocycles. The maximum atomic E-state index is 11.9. The Morgan fingerprint density at radius 2 is 1.77 bits per heavy atom. The summed E-state index contributed by atoms with van der Waals surface area (Å²) in [7, 11) is 0. The van der Waals surface area contributed by atoms with Crippen LogP contribution in [0, 0.1) is 0 Å². The number of carbonyl (C=O) groups is 2. The van der Waals surface area contributed by atoms with E-state index in [9.17, 15) is 9.59 Å². The number of hydrogen-bond acceptors (Lipinski definition) is 4. The first-order valence-electron chi connectivity index (χ1n) is 6.58. The number of ether oxygens (including phenoxy) is 1. The monoisotopic (exact) mass is 358 g/mol. The fourth-order valence-electron chi connectivity index (χ4n) is 2.00.